The smallest absolute Gasteiger partial charge is 0.119 e. The molecule has 0 bridgehead atoms. The molecule has 2 rings (SSSR count). The summed E-state index contributed by atoms with van der Waals surface area (Å²) in [5, 5.41) is 9.26. The third-order valence-corrected chi connectivity index (χ3v) is 4.05. The first-order valence-electron chi connectivity index (χ1n) is 7.03. The number of rotatable bonds is 4. The van der Waals surface area contributed by atoms with Crippen molar-refractivity contribution in [1.82, 2.24) is 0 Å². The van der Waals surface area contributed by atoms with E-state index in [1.807, 2.05) is 12.1 Å². The first-order chi connectivity index (χ1) is 8.69. The lowest BCUT2D eigenvalue weighted by Gasteiger charge is -2.32. The predicted molar refractivity (Wildman–Crippen MR) is 73.8 cm³/mol. The fourth-order valence-electron chi connectivity index (χ4n) is 2.84. The molecule has 2 nitrogen and oxygen atoms in total. The summed E-state index contributed by atoms with van der Waals surface area (Å²) in [7, 11) is 0. The van der Waals surface area contributed by atoms with Crippen LogP contribution in [0.4, 0.5) is 0 Å². The van der Waals surface area contributed by atoms with Gasteiger partial charge in [0, 0.05) is 6.61 Å². The molecule has 0 aliphatic heterocycles. The standard InChI is InChI=1S/C16H24O2/c1-12-5-3-7-15(9-12)18-16-8-4-6-14(10-16)13(2)11-17/h3,5,7,9,13-14,16-17H,4,6,8,10-11H2,1-2H3/t13?,14-,16+/m0/s1. The number of aryl methyl sites for hydroxylation is 1. The van der Waals surface area contributed by atoms with Gasteiger partial charge in [0.2, 0.25) is 0 Å². The molecular formula is C16H24O2. The third-order valence-electron chi connectivity index (χ3n) is 4.05. The molecule has 100 valence electrons. The van der Waals surface area contributed by atoms with Gasteiger partial charge in [-0.2, -0.15) is 0 Å². The molecule has 1 unspecified atom stereocenters. The van der Waals surface area contributed by atoms with Crippen LogP contribution in [0.25, 0.3) is 0 Å². The Bertz CT molecular complexity index is 375. The van der Waals surface area contributed by atoms with E-state index in [4.69, 9.17) is 4.74 Å². The Hall–Kier alpha value is -1.02. The van der Waals surface area contributed by atoms with E-state index in [2.05, 4.69) is 26.0 Å². The van der Waals surface area contributed by atoms with E-state index in [0.717, 1.165) is 18.6 Å². The van der Waals surface area contributed by atoms with Gasteiger partial charge in [0.05, 0.1) is 6.10 Å². The molecule has 0 aromatic heterocycles. The molecule has 1 aromatic carbocycles. The number of aliphatic hydroxyl groups excluding tert-OH is 1. The fraction of sp³-hybridized carbons (Fsp3) is 0.625. The maximum atomic E-state index is 9.26. The molecule has 0 heterocycles. The quantitative estimate of drug-likeness (QED) is 0.882. The first-order valence-corrected chi connectivity index (χ1v) is 7.03. The largest absolute Gasteiger partial charge is 0.490 e. The molecular weight excluding hydrogens is 224 g/mol. The predicted octanol–water partition coefficient (Wildman–Crippen LogP) is 3.56. The van der Waals surface area contributed by atoms with Crippen molar-refractivity contribution in [2.75, 3.05) is 6.61 Å². The fourth-order valence-corrected chi connectivity index (χ4v) is 2.84. The summed E-state index contributed by atoms with van der Waals surface area (Å²) < 4.78 is 6.08. The van der Waals surface area contributed by atoms with E-state index < -0.39 is 0 Å². The summed E-state index contributed by atoms with van der Waals surface area (Å²) in [6, 6.07) is 8.26. The number of hydrogen-bond donors (Lipinski definition) is 1. The minimum absolute atomic E-state index is 0.293. The number of benzene rings is 1. The summed E-state index contributed by atoms with van der Waals surface area (Å²) in [6.07, 6.45) is 4.98. The zero-order valence-electron chi connectivity index (χ0n) is 11.4. The van der Waals surface area contributed by atoms with Crippen molar-refractivity contribution >= 4 is 0 Å². The lowest BCUT2D eigenvalue weighted by Crippen LogP contribution is -2.29. The van der Waals surface area contributed by atoms with Gasteiger partial charge in [0.25, 0.3) is 0 Å². The summed E-state index contributed by atoms with van der Waals surface area (Å²) in [5.74, 6) is 1.99. The van der Waals surface area contributed by atoms with Crippen molar-refractivity contribution in [3.63, 3.8) is 0 Å². The van der Waals surface area contributed by atoms with E-state index in [1.54, 1.807) is 0 Å². The Morgan fingerprint density at radius 3 is 2.94 bits per heavy atom. The molecule has 18 heavy (non-hydrogen) atoms. The second kappa shape index (κ2) is 6.24. The van der Waals surface area contributed by atoms with Crippen molar-refractivity contribution in [1.29, 1.82) is 0 Å². The Labute approximate surface area is 110 Å². The molecule has 0 saturated heterocycles. The maximum Gasteiger partial charge on any atom is 0.119 e. The minimum Gasteiger partial charge on any atom is -0.490 e. The van der Waals surface area contributed by atoms with Gasteiger partial charge in [-0.3, -0.25) is 0 Å². The van der Waals surface area contributed by atoms with Gasteiger partial charge in [-0.25, -0.2) is 0 Å². The highest BCUT2D eigenvalue weighted by Gasteiger charge is 2.26. The van der Waals surface area contributed by atoms with E-state index >= 15 is 0 Å². The molecule has 0 radical (unpaired) electrons. The average molecular weight is 248 g/mol. The monoisotopic (exact) mass is 248 g/mol. The van der Waals surface area contributed by atoms with Gasteiger partial charge in [-0.1, -0.05) is 19.1 Å². The highest BCUT2D eigenvalue weighted by atomic mass is 16.5. The Balaban J connectivity index is 1.93. The van der Waals surface area contributed by atoms with Crippen LogP contribution >= 0.6 is 0 Å². The Kier molecular flexibility index (Phi) is 4.65. The first kappa shape index (κ1) is 13.4. The minimum atomic E-state index is 0.293. The van der Waals surface area contributed by atoms with Gasteiger partial charge in [0.1, 0.15) is 5.75 Å². The molecule has 2 heteroatoms. The van der Waals surface area contributed by atoms with Crippen molar-refractivity contribution in [3.05, 3.63) is 29.8 Å². The SMILES string of the molecule is Cc1cccc(O[C@@H]2CCC[C@H](C(C)CO)C2)c1. The Morgan fingerprint density at radius 2 is 2.22 bits per heavy atom. The van der Waals surface area contributed by atoms with Crippen LogP contribution in [0.1, 0.15) is 38.2 Å². The Morgan fingerprint density at radius 1 is 1.39 bits per heavy atom. The zero-order valence-corrected chi connectivity index (χ0v) is 11.4. The van der Waals surface area contributed by atoms with Gasteiger partial charge in [-0.05, 0) is 62.1 Å². The number of ether oxygens (including phenoxy) is 1. The van der Waals surface area contributed by atoms with Crippen LogP contribution in [-0.2, 0) is 0 Å². The summed E-state index contributed by atoms with van der Waals surface area (Å²) in [4.78, 5) is 0. The second-order valence-corrected chi connectivity index (χ2v) is 5.64. The summed E-state index contributed by atoms with van der Waals surface area (Å²) in [5.41, 5.74) is 1.24. The average Bonchev–Trinajstić information content (AvgIpc) is 2.38. The van der Waals surface area contributed by atoms with Crippen LogP contribution in [0.5, 0.6) is 5.75 Å². The van der Waals surface area contributed by atoms with Crippen molar-refractivity contribution in [2.24, 2.45) is 11.8 Å². The molecule has 1 aliphatic rings. The van der Waals surface area contributed by atoms with Crippen LogP contribution in [0.15, 0.2) is 24.3 Å². The van der Waals surface area contributed by atoms with Crippen LogP contribution in [0.2, 0.25) is 0 Å². The molecule has 1 saturated carbocycles. The highest BCUT2D eigenvalue weighted by molar-refractivity contribution is 5.27. The van der Waals surface area contributed by atoms with Crippen LogP contribution in [0, 0.1) is 18.8 Å². The van der Waals surface area contributed by atoms with Crippen molar-refractivity contribution in [3.8, 4) is 5.75 Å². The van der Waals surface area contributed by atoms with Gasteiger partial charge in [-0.15, -0.1) is 0 Å². The van der Waals surface area contributed by atoms with E-state index in [1.165, 1.54) is 18.4 Å². The lowest BCUT2D eigenvalue weighted by molar-refractivity contribution is 0.0822. The van der Waals surface area contributed by atoms with Crippen molar-refractivity contribution in [2.45, 2.75) is 45.6 Å². The number of hydrogen-bond acceptors (Lipinski definition) is 2. The van der Waals surface area contributed by atoms with E-state index in [-0.39, 0.29) is 0 Å². The number of aliphatic hydroxyl groups is 1. The van der Waals surface area contributed by atoms with Crippen LogP contribution < -0.4 is 4.74 Å². The maximum absolute atomic E-state index is 9.26. The van der Waals surface area contributed by atoms with Gasteiger partial charge >= 0.3 is 0 Å². The molecule has 0 amide bonds. The lowest BCUT2D eigenvalue weighted by atomic mass is 9.80. The second-order valence-electron chi connectivity index (χ2n) is 5.64. The molecule has 1 aromatic rings. The van der Waals surface area contributed by atoms with E-state index in [0.29, 0.717) is 24.5 Å². The van der Waals surface area contributed by atoms with Crippen LogP contribution in [0.3, 0.4) is 0 Å². The highest BCUT2D eigenvalue weighted by Crippen LogP contribution is 2.32. The van der Waals surface area contributed by atoms with Crippen LogP contribution in [-0.4, -0.2) is 17.8 Å². The van der Waals surface area contributed by atoms with Gasteiger partial charge < -0.3 is 9.84 Å². The normalized spacial score (nSPS) is 25.7. The molecule has 1 aliphatic carbocycles. The molecule has 1 N–H and O–H groups in total. The molecule has 1 fully saturated rings. The summed E-state index contributed by atoms with van der Waals surface area (Å²) in [6.45, 7) is 4.52. The topological polar surface area (TPSA) is 29.5 Å². The molecule has 0 spiro atoms. The van der Waals surface area contributed by atoms with Crippen molar-refractivity contribution < 1.29 is 9.84 Å². The van der Waals surface area contributed by atoms with E-state index in [9.17, 15) is 5.11 Å². The molecule has 3 atom stereocenters. The zero-order chi connectivity index (χ0) is 13.0. The van der Waals surface area contributed by atoms with Gasteiger partial charge in [0.15, 0.2) is 0 Å². The summed E-state index contributed by atoms with van der Waals surface area (Å²) >= 11 is 0. The third kappa shape index (κ3) is 3.49.